The number of rotatable bonds is 6. The van der Waals surface area contributed by atoms with Gasteiger partial charge in [-0.1, -0.05) is 30.3 Å². The fourth-order valence-corrected chi connectivity index (χ4v) is 3.77. The summed E-state index contributed by atoms with van der Waals surface area (Å²) in [4.78, 5) is 14.8. The Morgan fingerprint density at radius 2 is 1.77 bits per heavy atom. The number of nitrogens with zero attached hydrogens (tertiary/aromatic N) is 3. The first-order valence-corrected chi connectivity index (χ1v) is 10.6. The smallest absolute Gasteiger partial charge is 0.248 e. The number of aryl methyl sites for hydroxylation is 1. The Hall–Kier alpha value is -3.22. The first-order chi connectivity index (χ1) is 15.1. The molecule has 3 aromatic rings. The van der Waals surface area contributed by atoms with Gasteiger partial charge in [-0.25, -0.2) is 4.68 Å². The third-order valence-electron chi connectivity index (χ3n) is 5.48. The van der Waals surface area contributed by atoms with Crippen LogP contribution in [0, 0.1) is 13.8 Å². The summed E-state index contributed by atoms with van der Waals surface area (Å²) in [5.74, 6) is -0.160. The van der Waals surface area contributed by atoms with Crippen LogP contribution in [-0.4, -0.2) is 46.9 Å². The minimum Gasteiger partial charge on any atom is -0.379 e. The van der Waals surface area contributed by atoms with Gasteiger partial charge in [-0.15, -0.1) is 0 Å². The first-order valence-electron chi connectivity index (χ1n) is 10.6. The summed E-state index contributed by atoms with van der Waals surface area (Å²) in [6, 6.07) is 18.0. The lowest BCUT2D eigenvalue weighted by Crippen LogP contribution is -2.35. The van der Waals surface area contributed by atoms with Gasteiger partial charge in [0.1, 0.15) is 0 Å². The molecule has 1 aliphatic heterocycles. The monoisotopic (exact) mass is 416 g/mol. The number of morpholine rings is 1. The van der Waals surface area contributed by atoms with Crippen LogP contribution in [0.1, 0.15) is 22.5 Å². The van der Waals surface area contributed by atoms with Crippen molar-refractivity contribution in [2.75, 3.05) is 31.6 Å². The average molecular weight is 417 g/mol. The lowest BCUT2D eigenvalue weighted by atomic mass is 10.1. The number of nitrogens with one attached hydrogen (secondary N) is 1. The van der Waals surface area contributed by atoms with Crippen molar-refractivity contribution in [2.24, 2.45) is 0 Å². The van der Waals surface area contributed by atoms with Crippen molar-refractivity contribution in [2.45, 2.75) is 20.4 Å². The molecule has 0 spiro atoms. The number of ether oxygens (including phenoxy) is 1. The Balaban J connectivity index is 1.38. The third kappa shape index (κ3) is 5.29. The highest BCUT2D eigenvalue weighted by Gasteiger charge is 2.12. The number of aromatic nitrogens is 2. The van der Waals surface area contributed by atoms with Crippen LogP contribution in [0.4, 0.5) is 5.69 Å². The van der Waals surface area contributed by atoms with Crippen LogP contribution in [-0.2, 0) is 16.1 Å². The summed E-state index contributed by atoms with van der Waals surface area (Å²) in [6.07, 6.45) is 3.40. The number of carbonyl (C=O) groups is 1. The van der Waals surface area contributed by atoms with Gasteiger partial charge >= 0.3 is 0 Å². The normalized spacial score (nSPS) is 14.8. The second-order valence-corrected chi connectivity index (χ2v) is 7.74. The van der Waals surface area contributed by atoms with Crippen LogP contribution in [0.25, 0.3) is 11.8 Å². The van der Waals surface area contributed by atoms with Gasteiger partial charge in [-0.3, -0.25) is 9.69 Å². The number of hydrogen-bond donors (Lipinski definition) is 1. The fourth-order valence-electron chi connectivity index (χ4n) is 3.77. The maximum atomic E-state index is 12.4. The van der Waals surface area contributed by atoms with Gasteiger partial charge < -0.3 is 10.1 Å². The summed E-state index contributed by atoms with van der Waals surface area (Å²) >= 11 is 0. The van der Waals surface area contributed by atoms with Gasteiger partial charge in [-0.05, 0) is 49.8 Å². The van der Waals surface area contributed by atoms with Gasteiger partial charge in [0.2, 0.25) is 5.91 Å². The van der Waals surface area contributed by atoms with Crippen molar-refractivity contribution in [3.8, 4) is 5.69 Å². The Morgan fingerprint density at radius 3 is 2.48 bits per heavy atom. The van der Waals surface area contributed by atoms with Crippen molar-refractivity contribution < 1.29 is 9.53 Å². The van der Waals surface area contributed by atoms with Gasteiger partial charge in [0.25, 0.3) is 0 Å². The second-order valence-electron chi connectivity index (χ2n) is 7.74. The summed E-state index contributed by atoms with van der Waals surface area (Å²) in [5, 5.41) is 7.56. The highest BCUT2D eigenvalue weighted by Crippen LogP contribution is 2.19. The predicted molar refractivity (Wildman–Crippen MR) is 123 cm³/mol. The molecule has 0 bridgehead atoms. The van der Waals surface area contributed by atoms with Crippen LogP contribution < -0.4 is 5.32 Å². The molecule has 31 heavy (non-hydrogen) atoms. The van der Waals surface area contributed by atoms with E-state index in [4.69, 9.17) is 4.74 Å². The Bertz CT molecular complexity index is 1050. The van der Waals surface area contributed by atoms with Crippen molar-refractivity contribution in [3.05, 3.63) is 83.2 Å². The number of hydrogen-bond acceptors (Lipinski definition) is 4. The number of amides is 1. The van der Waals surface area contributed by atoms with Gasteiger partial charge in [0, 0.05) is 42.7 Å². The van der Waals surface area contributed by atoms with E-state index in [1.54, 1.807) is 6.08 Å². The summed E-state index contributed by atoms with van der Waals surface area (Å²) in [6.45, 7) is 8.38. The molecule has 0 radical (unpaired) electrons. The third-order valence-corrected chi connectivity index (χ3v) is 5.48. The van der Waals surface area contributed by atoms with Crippen molar-refractivity contribution in [3.63, 3.8) is 0 Å². The van der Waals surface area contributed by atoms with E-state index >= 15 is 0 Å². The maximum absolute atomic E-state index is 12.4. The second kappa shape index (κ2) is 9.73. The molecule has 1 aromatic heterocycles. The van der Waals surface area contributed by atoms with E-state index in [9.17, 15) is 4.79 Å². The SMILES string of the molecule is Cc1nn(-c2ccccc2)c(C)c1/C=C/C(=O)Nc1ccc(CN2CCOCC2)cc1. The molecule has 0 atom stereocenters. The Morgan fingerprint density at radius 1 is 1.06 bits per heavy atom. The molecule has 1 N–H and O–H groups in total. The molecule has 2 heterocycles. The van der Waals surface area contributed by atoms with Crippen LogP contribution in [0.15, 0.2) is 60.7 Å². The van der Waals surface area contributed by atoms with Crippen molar-refractivity contribution in [1.82, 2.24) is 14.7 Å². The highest BCUT2D eigenvalue weighted by molar-refractivity contribution is 6.02. The number of anilines is 1. The zero-order valence-electron chi connectivity index (χ0n) is 18.0. The number of carbonyl (C=O) groups excluding carboxylic acids is 1. The standard InChI is InChI=1S/C25H28N4O2/c1-19-24(20(2)29(27-19)23-6-4-3-5-7-23)12-13-25(30)26-22-10-8-21(9-11-22)18-28-14-16-31-17-15-28/h3-13H,14-18H2,1-2H3,(H,26,30)/b13-12+. The minimum absolute atomic E-state index is 0.160. The molecule has 1 aliphatic rings. The van der Waals surface area contributed by atoms with Crippen LogP contribution >= 0.6 is 0 Å². The predicted octanol–water partition coefficient (Wildman–Crippen LogP) is 3.97. The first kappa shape index (κ1) is 21.0. The average Bonchev–Trinajstić information content (AvgIpc) is 3.08. The summed E-state index contributed by atoms with van der Waals surface area (Å²) in [7, 11) is 0. The molecular formula is C25H28N4O2. The van der Waals surface area contributed by atoms with Gasteiger partial charge in [0.15, 0.2) is 0 Å². The molecule has 160 valence electrons. The summed E-state index contributed by atoms with van der Waals surface area (Å²) < 4.78 is 7.30. The molecule has 0 saturated carbocycles. The lowest BCUT2D eigenvalue weighted by Gasteiger charge is -2.26. The molecule has 6 heteroatoms. The zero-order valence-corrected chi connectivity index (χ0v) is 18.0. The van der Waals surface area contributed by atoms with E-state index in [0.29, 0.717) is 0 Å². The van der Waals surface area contributed by atoms with Gasteiger partial charge in [0.05, 0.1) is 24.6 Å². The molecule has 4 rings (SSSR count). The molecule has 0 aliphatic carbocycles. The summed E-state index contributed by atoms with van der Waals surface area (Å²) in [5.41, 5.74) is 5.87. The zero-order chi connectivity index (χ0) is 21.6. The molecule has 0 unspecified atom stereocenters. The fraction of sp³-hybridized carbons (Fsp3) is 0.280. The van der Waals surface area contributed by atoms with E-state index < -0.39 is 0 Å². The number of para-hydroxylation sites is 1. The quantitative estimate of drug-likeness (QED) is 0.618. The molecule has 1 saturated heterocycles. The number of benzene rings is 2. The van der Waals surface area contributed by atoms with Gasteiger partial charge in [-0.2, -0.15) is 5.10 Å². The van der Waals surface area contributed by atoms with E-state index in [-0.39, 0.29) is 5.91 Å². The van der Waals surface area contributed by atoms with Crippen LogP contribution in [0.3, 0.4) is 0 Å². The van der Waals surface area contributed by atoms with E-state index in [1.165, 1.54) is 5.56 Å². The van der Waals surface area contributed by atoms with E-state index in [1.807, 2.05) is 67.1 Å². The van der Waals surface area contributed by atoms with Crippen molar-refractivity contribution >= 4 is 17.7 Å². The highest BCUT2D eigenvalue weighted by atomic mass is 16.5. The van der Waals surface area contributed by atoms with E-state index in [2.05, 4.69) is 27.4 Å². The molecule has 1 amide bonds. The largest absolute Gasteiger partial charge is 0.379 e. The van der Waals surface area contributed by atoms with Crippen LogP contribution in [0.5, 0.6) is 0 Å². The van der Waals surface area contributed by atoms with Crippen molar-refractivity contribution in [1.29, 1.82) is 0 Å². The Labute approximate surface area is 183 Å². The molecular weight excluding hydrogens is 388 g/mol. The Kier molecular flexibility index (Phi) is 6.60. The minimum atomic E-state index is -0.160. The lowest BCUT2D eigenvalue weighted by molar-refractivity contribution is -0.111. The molecule has 1 fully saturated rings. The maximum Gasteiger partial charge on any atom is 0.248 e. The topological polar surface area (TPSA) is 59.4 Å². The molecule has 2 aromatic carbocycles. The van der Waals surface area contributed by atoms with E-state index in [0.717, 1.165) is 61.2 Å². The molecule has 6 nitrogen and oxygen atoms in total. The van der Waals surface area contributed by atoms with Crippen LogP contribution in [0.2, 0.25) is 0 Å².